The van der Waals surface area contributed by atoms with Crippen molar-refractivity contribution in [3.8, 4) is 0 Å². The third-order valence-electron chi connectivity index (χ3n) is 9.06. The molecular weight excluding hydrogens is 268 g/mol. The van der Waals surface area contributed by atoms with Gasteiger partial charge in [0.15, 0.2) is 0 Å². The summed E-state index contributed by atoms with van der Waals surface area (Å²) in [6.07, 6.45) is 13.8. The SMILES string of the molecule is COC1CCC2C3CCC4CCC(C)CC4(C)C3CCC12C. The van der Waals surface area contributed by atoms with Crippen molar-refractivity contribution in [3.05, 3.63) is 0 Å². The zero-order chi connectivity index (χ0) is 15.5. The Balaban J connectivity index is 1.62. The lowest BCUT2D eigenvalue weighted by Gasteiger charge is -2.61. The van der Waals surface area contributed by atoms with Crippen LogP contribution in [0.5, 0.6) is 0 Å². The number of rotatable bonds is 1. The molecule has 0 bridgehead atoms. The Morgan fingerprint density at radius 1 is 0.818 bits per heavy atom. The van der Waals surface area contributed by atoms with Crippen molar-refractivity contribution in [1.29, 1.82) is 0 Å². The van der Waals surface area contributed by atoms with Crippen LogP contribution in [0.25, 0.3) is 0 Å². The summed E-state index contributed by atoms with van der Waals surface area (Å²) in [5.74, 6) is 4.97. The van der Waals surface area contributed by atoms with Crippen LogP contribution in [0, 0.1) is 40.4 Å². The Kier molecular flexibility index (Phi) is 3.68. The molecule has 0 saturated heterocycles. The number of hydrogen-bond donors (Lipinski definition) is 0. The van der Waals surface area contributed by atoms with Crippen molar-refractivity contribution in [1.82, 2.24) is 0 Å². The first kappa shape index (κ1) is 15.5. The fourth-order valence-electron chi connectivity index (χ4n) is 8.00. The summed E-state index contributed by atoms with van der Waals surface area (Å²) in [7, 11) is 1.95. The summed E-state index contributed by atoms with van der Waals surface area (Å²) < 4.78 is 5.91. The molecule has 1 heteroatoms. The van der Waals surface area contributed by atoms with E-state index in [2.05, 4.69) is 20.8 Å². The van der Waals surface area contributed by atoms with E-state index in [1.165, 1.54) is 57.8 Å². The summed E-state index contributed by atoms with van der Waals surface area (Å²) in [5, 5.41) is 0. The summed E-state index contributed by atoms with van der Waals surface area (Å²) in [5.41, 5.74) is 1.15. The zero-order valence-electron chi connectivity index (χ0n) is 15.2. The van der Waals surface area contributed by atoms with Crippen LogP contribution in [0.15, 0.2) is 0 Å². The largest absolute Gasteiger partial charge is 0.381 e. The lowest BCUT2D eigenvalue weighted by Crippen LogP contribution is -2.54. The molecule has 0 amide bonds. The highest BCUT2D eigenvalue weighted by molar-refractivity contribution is 5.09. The van der Waals surface area contributed by atoms with Crippen LogP contribution in [0.2, 0.25) is 0 Å². The molecule has 8 atom stereocenters. The van der Waals surface area contributed by atoms with E-state index in [-0.39, 0.29) is 0 Å². The number of methoxy groups -OCH3 is 1. The first-order chi connectivity index (χ1) is 10.5. The second kappa shape index (κ2) is 5.23. The van der Waals surface area contributed by atoms with E-state index in [0.717, 1.165) is 29.6 Å². The van der Waals surface area contributed by atoms with Gasteiger partial charge in [-0.15, -0.1) is 0 Å². The Hall–Kier alpha value is -0.0400. The lowest BCUT2D eigenvalue weighted by molar-refractivity contribution is -0.131. The highest BCUT2D eigenvalue weighted by Crippen LogP contribution is 2.66. The third-order valence-corrected chi connectivity index (χ3v) is 9.06. The molecule has 126 valence electrons. The van der Waals surface area contributed by atoms with Crippen LogP contribution in [-0.2, 0) is 4.74 Å². The summed E-state index contributed by atoms with van der Waals surface area (Å²) in [4.78, 5) is 0. The molecular formula is C21H36O. The lowest BCUT2D eigenvalue weighted by atomic mass is 9.44. The first-order valence-corrected chi connectivity index (χ1v) is 10.0. The van der Waals surface area contributed by atoms with Gasteiger partial charge in [-0.1, -0.05) is 27.2 Å². The Bertz CT molecular complexity index is 432. The number of fused-ring (bicyclic) bond motifs is 5. The zero-order valence-corrected chi connectivity index (χ0v) is 15.2. The summed E-state index contributed by atoms with van der Waals surface area (Å²) in [6.45, 7) is 7.76. The van der Waals surface area contributed by atoms with Gasteiger partial charge in [-0.3, -0.25) is 0 Å². The molecule has 4 fully saturated rings. The van der Waals surface area contributed by atoms with E-state index in [1.54, 1.807) is 0 Å². The predicted octanol–water partition coefficient (Wildman–Crippen LogP) is 5.68. The van der Waals surface area contributed by atoms with E-state index in [0.29, 0.717) is 16.9 Å². The molecule has 0 N–H and O–H groups in total. The Morgan fingerprint density at radius 3 is 2.32 bits per heavy atom. The molecule has 0 aromatic heterocycles. The smallest absolute Gasteiger partial charge is 0.0627 e. The highest BCUT2D eigenvalue weighted by Gasteiger charge is 2.60. The predicted molar refractivity (Wildman–Crippen MR) is 91.7 cm³/mol. The fourth-order valence-corrected chi connectivity index (χ4v) is 8.00. The molecule has 8 unspecified atom stereocenters. The van der Waals surface area contributed by atoms with Crippen molar-refractivity contribution in [2.45, 2.75) is 84.7 Å². The molecule has 4 rings (SSSR count). The van der Waals surface area contributed by atoms with Crippen molar-refractivity contribution >= 4 is 0 Å². The van der Waals surface area contributed by atoms with Crippen LogP contribution in [0.1, 0.15) is 78.6 Å². The minimum atomic E-state index is 0.486. The van der Waals surface area contributed by atoms with Gasteiger partial charge in [0.1, 0.15) is 0 Å². The molecule has 0 heterocycles. The number of hydrogen-bond acceptors (Lipinski definition) is 1. The van der Waals surface area contributed by atoms with E-state index >= 15 is 0 Å². The third kappa shape index (κ3) is 2.00. The van der Waals surface area contributed by atoms with Crippen LogP contribution < -0.4 is 0 Å². The standard InChI is InChI=1S/C21H36O/c1-14-5-6-15-7-8-16-17-9-10-19(22-4)20(17,2)12-11-18(16)21(15,3)13-14/h14-19H,5-13H2,1-4H3. The second-order valence-electron chi connectivity index (χ2n) is 9.89. The van der Waals surface area contributed by atoms with Crippen molar-refractivity contribution in [2.24, 2.45) is 40.4 Å². The molecule has 1 nitrogen and oxygen atoms in total. The van der Waals surface area contributed by atoms with Gasteiger partial charge < -0.3 is 4.74 Å². The normalized spacial score (nSPS) is 57.8. The summed E-state index contributed by atoms with van der Waals surface area (Å²) >= 11 is 0. The molecule has 0 radical (unpaired) electrons. The maximum absolute atomic E-state index is 5.91. The van der Waals surface area contributed by atoms with Crippen LogP contribution in [0.4, 0.5) is 0 Å². The van der Waals surface area contributed by atoms with Gasteiger partial charge in [-0.2, -0.15) is 0 Å². The van der Waals surface area contributed by atoms with E-state index in [9.17, 15) is 0 Å². The van der Waals surface area contributed by atoms with Gasteiger partial charge >= 0.3 is 0 Å². The Morgan fingerprint density at radius 2 is 1.55 bits per heavy atom. The van der Waals surface area contributed by atoms with Gasteiger partial charge in [-0.25, -0.2) is 0 Å². The molecule has 22 heavy (non-hydrogen) atoms. The maximum Gasteiger partial charge on any atom is 0.0627 e. The van der Waals surface area contributed by atoms with Gasteiger partial charge in [0.2, 0.25) is 0 Å². The first-order valence-electron chi connectivity index (χ1n) is 10.0. The Labute approximate surface area is 137 Å². The molecule has 0 spiro atoms. The maximum atomic E-state index is 5.91. The van der Waals surface area contributed by atoms with Gasteiger partial charge in [-0.05, 0) is 91.8 Å². The van der Waals surface area contributed by atoms with Gasteiger partial charge in [0, 0.05) is 7.11 Å². The monoisotopic (exact) mass is 304 g/mol. The minimum absolute atomic E-state index is 0.486. The molecule has 4 aliphatic rings. The molecule has 4 saturated carbocycles. The van der Waals surface area contributed by atoms with Crippen molar-refractivity contribution in [3.63, 3.8) is 0 Å². The summed E-state index contributed by atoms with van der Waals surface area (Å²) in [6, 6.07) is 0. The minimum Gasteiger partial charge on any atom is -0.381 e. The van der Waals surface area contributed by atoms with E-state index in [1.807, 2.05) is 7.11 Å². The van der Waals surface area contributed by atoms with Crippen LogP contribution >= 0.6 is 0 Å². The van der Waals surface area contributed by atoms with Gasteiger partial charge in [0.05, 0.1) is 6.10 Å². The van der Waals surface area contributed by atoms with Crippen LogP contribution in [-0.4, -0.2) is 13.2 Å². The molecule has 0 aliphatic heterocycles. The average molecular weight is 305 g/mol. The second-order valence-corrected chi connectivity index (χ2v) is 9.89. The highest BCUT2D eigenvalue weighted by atomic mass is 16.5. The number of ether oxygens (including phenoxy) is 1. The molecule has 0 aromatic rings. The molecule has 4 aliphatic carbocycles. The molecule has 0 aromatic carbocycles. The van der Waals surface area contributed by atoms with E-state index < -0.39 is 0 Å². The average Bonchev–Trinajstić information content (AvgIpc) is 2.82. The fraction of sp³-hybridized carbons (Fsp3) is 1.00. The van der Waals surface area contributed by atoms with E-state index in [4.69, 9.17) is 4.74 Å². The van der Waals surface area contributed by atoms with Crippen molar-refractivity contribution in [2.75, 3.05) is 7.11 Å². The quantitative estimate of drug-likeness (QED) is 0.605. The van der Waals surface area contributed by atoms with Crippen LogP contribution in [0.3, 0.4) is 0 Å². The van der Waals surface area contributed by atoms with Gasteiger partial charge in [0.25, 0.3) is 0 Å². The van der Waals surface area contributed by atoms with Crippen molar-refractivity contribution < 1.29 is 4.74 Å². The topological polar surface area (TPSA) is 9.23 Å².